The molecule has 0 amide bonds. The van der Waals surface area contributed by atoms with Gasteiger partial charge < -0.3 is 0 Å². The van der Waals surface area contributed by atoms with E-state index in [0.29, 0.717) is 0 Å². The summed E-state index contributed by atoms with van der Waals surface area (Å²) in [6.07, 6.45) is 0. The van der Waals surface area contributed by atoms with Crippen molar-refractivity contribution in [2.75, 3.05) is 0 Å². The summed E-state index contributed by atoms with van der Waals surface area (Å²) in [4.78, 5) is 0. The van der Waals surface area contributed by atoms with Crippen LogP contribution in [0.25, 0.3) is 0 Å². The van der Waals surface area contributed by atoms with Gasteiger partial charge in [0.2, 0.25) is 0 Å². The Morgan fingerprint density at radius 2 is 1.50 bits per heavy atom. The molecular formula is C7H10Ba. The van der Waals surface area contributed by atoms with Crippen LogP contribution in [0.15, 0.2) is 30.3 Å². The molecule has 0 heterocycles. The number of rotatable bonds is 0. The van der Waals surface area contributed by atoms with Gasteiger partial charge in [-0.1, -0.05) is 35.9 Å². The molecule has 0 nitrogen and oxygen atoms in total. The molecule has 0 unspecified atom stereocenters. The van der Waals surface area contributed by atoms with Crippen molar-refractivity contribution in [1.82, 2.24) is 0 Å². The van der Waals surface area contributed by atoms with Gasteiger partial charge in [-0.3, -0.25) is 0 Å². The van der Waals surface area contributed by atoms with Crippen LogP contribution in [0.1, 0.15) is 5.56 Å². The fourth-order valence-electron chi connectivity index (χ4n) is 0.534. The summed E-state index contributed by atoms with van der Waals surface area (Å²) in [7, 11) is 0. The third kappa shape index (κ3) is 2.95. The standard InChI is InChI=1S/C7H8.Ba.2H/c1-7-5-3-2-4-6-7;;;/h2-6H,1H3;;;. The first kappa shape index (κ1) is 8.79. The Balaban J connectivity index is 0.000000490. The number of hydrogen-bond acceptors (Lipinski definition) is 0. The van der Waals surface area contributed by atoms with Gasteiger partial charge in [0, 0.05) is 0 Å². The average Bonchev–Trinajstić information content (AvgIpc) is 1.69. The Morgan fingerprint density at radius 1 is 1.00 bits per heavy atom. The summed E-state index contributed by atoms with van der Waals surface area (Å²) in [6, 6.07) is 10.3. The predicted molar refractivity (Wildman–Crippen MR) is 39.7 cm³/mol. The van der Waals surface area contributed by atoms with Crippen molar-refractivity contribution in [3.05, 3.63) is 35.9 Å². The molecule has 0 aliphatic heterocycles. The molecule has 0 atom stereocenters. The SMILES string of the molecule is Cc1ccccc1.[BaH2]. The molecular weight excluding hydrogens is 221 g/mol. The van der Waals surface area contributed by atoms with Gasteiger partial charge in [-0.25, -0.2) is 0 Å². The Morgan fingerprint density at radius 3 is 1.75 bits per heavy atom. The summed E-state index contributed by atoms with van der Waals surface area (Å²) >= 11 is 0. The van der Waals surface area contributed by atoms with E-state index >= 15 is 0 Å². The van der Waals surface area contributed by atoms with Crippen LogP contribution in [0.3, 0.4) is 0 Å². The second-order valence-corrected chi connectivity index (χ2v) is 1.65. The van der Waals surface area contributed by atoms with Gasteiger partial charge >= 0.3 is 48.9 Å². The van der Waals surface area contributed by atoms with Gasteiger partial charge in [0.25, 0.3) is 0 Å². The van der Waals surface area contributed by atoms with E-state index in [1.54, 1.807) is 0 Å². The van der Waals surface area contributed by atoms with Crippen LogP contribution in [0.5, 0.6) is 0 Å². The van der Waals surface area contributed by atoms with Crippen LogP contribution in [-0.2, 0) is 0 Å². The van der Waals surface area contributed by atoms with Crippen molar-refractivity contribution in [3.8, 4) is 0 Å². The summed E-state index contributed by atoms with van der Waals surface area (Å²) < 4.78 is 0. The summed E-state index contributed by atoms with van der Waals surface area (Å²) in [6.45, 7) is 2.08. The predicted octanol–water partition coefficient (Wildman–Crippen LogP) is 1.08. The maximum absolute atomic E-state index is 2.08. The van der Waals surface area contributed by atoms with Crippen LogP contribution >= 0.6 is 0 Å². The van der Waals surface area contributed by atoms with E-state index in [2.05, 4.69) is 19.1 Å². The van der Waals surface area contributed by atoms with Crippen LogP contribution in [0.2, 0.25) is 0 Å². The van der Waals surface area contributed by atoms with E-state index in [1.807, 2.05) is 18.2 Å². The molecule has 40 valence electrons. The first-order valence-electron chi connectivity index (χ1n) is 2.41. The van der Waals surface area contributed by atoms with Crippen LogP contribution < -0.4 is 0 Å². The fourth-order valence-corrected chi connectivity index (χ4v) is 0.534. The Kier molecular flexibility index (Phi) is 5.11. The molecule has 1 aromatic carbocycles. The third-order valence-electron chi connectivity index (χ3n) is 0.940. The molecule has 0 aromatic heterocycles. The van der Waals surface area contributed by atoms with E-state index in [1.165, 1.54) is 5.56 Å². The molecule has 1 rings (SSSR count). The molecule has 0 saturated carbocycles. The Labute approximate surface area is 90.4 Å². The zero-order valence-corrected chi connectivity index (χ0v) is 4.39. The van der Waals surface area contributed by atoms with Gasteiger partial charge in [-0.05, 0) is 6.92 Å². The molecule has 1 aromatic rings. The second-order valence-electron chi connectivity index (χ2n) is 1.65. The number of benzene rings is 1. The summed E-state index contributed by atoms with van der Waals surface area (Å²) in [5, 5.41) is 0. The first-order valence-corrected chi connectivity index (χ1v) is 2.41. The average molecular weight is 231 g/mol. The third-order valence-corrected chi connectivity index (χ3v) is 0.940. The van der Waals surface area contributed by atoms with Crippen molar-refractivity contribution in [2.45, 2.75) is 6.92 Å². The van der Waals surface area contributed by atoms with E-state index < -0.39 is 0 Å². The van der Waals surface area contributed by atoms with Crippen LogP contribution in [-0.4, -0.2) is 48.9 Å². The van der Waals surface area contributed by atoms with Gasteiger partial charge in [0.05, 0.1) is 0 Å². The minimum atomic E-state index is 0. The zero-order chi connectivity index (χ0) is 5.11. The summed E-state index contributed by atoms with van der Waals surface area (Å²) in [5.41, 5.74) is 1.32. The van der Waals surface area contributed by atoms with Crippen LogP contribution in [0, 0.1) is 6.92 Å². The molecule has 1 heteroatoms. The van der Waals surface area contributed by atoms with Crippen molar-refractivity contribution in [1.29, 1.82) is 0 Å². The van der Waals surface area contributed by atoms with E-state index in [9.17, 15) is 0 Å². The van der Waals surface area contributed by atoms with Crippen LogP contribution in [0.4, 0.5) is 0 Å². The molecule has 0 aliphatic rings. The molecule has 0 radical (unpaired) electrons. The second kappa shape index (κ2) is 4.65. The molecule has 0 spiro atoms. The molecule has 0 bridgehead atoms. The van der Waals surface area contributed by atoms with Crippen molar-refractivity contribution >= 4 is 48.9 Å². The van der Waals surface area contributed by atoms with E-state index in [4.69, 9.17) is 0 Å². The molecule has 0 N–H and O–H groups in total. The molecule has 8 heavy (non-hydrogen) atoms. The van der Waals surface area contributed by atoms with Gasteiger partial charge in [-0.2, -0.15) is 0 Å². The minimum absolute atomic E-state index is 0. The molecule has 0 fully saturated rings. The molecule has 0 aliphatic carbocycles. The molecule has 0 saturated heterocycles. The van der Waals surface area contributed by atoms with Gasteiger partial charge in [0.1, 0.15) is 0 Å². The van der Waals surface area contributed by atoms with Crippen molar-refractivity contribution in [3.63, 3.8) is 0 Å². The number of aryl methyl sites for hydroxylation is 1. The van der Waals surface area contributed by atoms with Crippen molar-refractivity contribution in [2.24, 2.45) is 0 Å². The van der Waals surface area contributed by atoms with E-state index in [-0.39, 0.29) is 48.9 Å². The monoisotopic (exact) mass is 232 g/mol. The Bertz CT molecular complexity index is 134. The summed E-state index contributed by atoms with van der Waals surface area (Å²) in [5.74, 6) is 0. The topological polar surface area (TPSA) is 0 Å². The van der Waals surface area contributed by atoms with Gasteiger partial charge in [-0.15, -0.1) is 0 Å². The number of hydrogen-bond donors (Lipinski definition) is 0. The quantitative estimate of drug-likeness (QED) is 0.586. The maximum atomic E-state index is 2.08. The van der Waals surface area contributed by atoms with E-state index in [0.717, 1.165) is 0 Å². The Hall–Kier alpha value is 0.791. The van der Waals surface area contributed by atoms with Crippen molar-refractivity contribution < 1.29 is 0 Å². The normalized spacial score (nSPS) is 7.62. The zero-order valence-electron chi connectivity index (χ0n) is 4.39. The van der Waals surface area contributed by atoms with Gasteiger partial charge in [0.15, 0.2) is 0 Å². The fraction of sp³-hybridized carbons (Fsp3) is 0.143. The first-order chi connectivity index (χ1) is 3.39.